The second-order valence-electron chi connectivity index (χ2n) is 5.70. The number of hydrogen-bond donors (Lipinski definition) is 1. The molecule has 1 aromatic heterocycles. The Hall–Kier alpha value is -2.60. The number of methoxy groups -OCH3 is 1. The highest BCUT2D eigenvalue weighted by atomic mass is 35.5. The average Bonchev–Trinajstić information content (AvgIpc) is 3.18. The molecule has 3 aromatic rings. The molecule has 128 valence electrons. The third-order valence-corrected chi connectivity index (χ3v) is 4.44. The number of rotatable bonds is 3. The predicted octanol–water partition coefficient (Wildman–Crippen LogP) is 4.45. The molecule has 0 saturated heterocycles. The zero-order valence-corrected chi connectivity index (χ0v) is 14.1. The lowest BCUT2D eigenvalue weighted by molar-refractivity contribution is 0.412. The Morgan fingerprint density at radius 2 is 2.04 bits per heavy atom. The number of ether oxygens (including phenoxy) is 1. The number of aromatic nitrogens is 2. The van der Waals surface area contributed by atoms with Crippen LogP contribution >= 0.6 is 11.6 Å². The standard InChI is InChI=1S/C18H14ClF2N3O/c1-25-16-5-2-10(19)8-15(16)24-18-13(6-7-22-18)17(23-24)12-4-3-11(20)9-14(12)21/h2-5,8-9,22H,6-7H2,1H3. The van der Waals surface area contributed by atoms with E-state index in [0.717, 1.165) is 17.4 Å². The van der Waals surface area contributed by atoms with Crippen molar-refractivity contribution >= 4 is 17.4 Å². The van der Waals surface area contributed by atoms with Crippen LogP contribution in [0.25, 0.3) is 16.9 Å². The van der Waals surface area contributed by atoms with Crippen LogP contribution in [0.1, 0.15) is 5.56 Å². The summed E-state index contributed by atoms with van der Waals surface area (Å²) in [7, 11) is 1.56. The fourth-order valence-corrected chi connectivity index (χ4v) is 3.24. The van der Waals surface area contributed by atoms with Gasteiger partial charge in [0.25, 0.3) is 0 Å². The first-order valence-electron chi connectivity index (χ1n) is 7.73. The highest BCUT2D eigenvalue weighted by Crippen LogP contribution is 2.38. The summed E-state index contributed by atoms with van der Waals surface area (Å²) in [5.74, 6) is 0.0955. The van der Waals surface area contributed by atoms with E-state index in [2.05, 4.69) is 10.4 Å². The van der Waals surface area contributed by atoms with Crippen LogP contribution in [-0.4, -0.2) is 23.4 Å². The van der Waals surface area contributed by atoms with Crippen molar-refractivity contribution < 1.29 is 13.5 Å². The summed E-state index contributed by atoms with van der Waals surface area (Å²) in [6.07, 6.45) is 0.699. The fraction of sp³-hybridized carbons (Fsp3) is 0.167. The van der Waals surface area contributed by atoms with Gasteiger partial charge in [0, 0.05) is 28.8 Å². The van der Waals surface area contributed by atoms with Crippen molar-refractivity contribution in [3.63, 3.8) is 0 Å². The Morgan fingerprint density at radius 3 is 2.80 bits per heavy atom. The summed E-state index contributed by atoms with van der Waals surface area (Å²) in [5.41, 5.74) is 2.28. The molecule has 0 saturated carbocycles. The minimum Gasteiger partial charge on any atom is -0.494 e. The van der Waals surface area contributed by atoms with E-state index >= 15 is 0 Å². The van der Waals surface area contributed by atoms with Gasteiger partial charge in [0.15, 0.2) is 0 Å². The number of nitrogens with zero attached hydrogens (tertiary/aromatic N) is 2. The zero-order valence-electron chi connectivity index (χ0n) is 13.3. The van der Waals surface area contributed by atoms with E-state index in [0.29, 0.717) is 35.1 Å². The first-order valence-corrected chi connectivity index (χ1v) is 8.11. The SMILES string of the molecule is COc1ccc(Cl)cc1-n1nc(-c2ccc(F)cc2F)c2c1NCC2. The van der Waals surface area contributed by atoms with Crippen molar-refractivity contribution in [1.29, 1.82) is 0 Å². The Labute approximate surface area is 148 Å². The number of hydrogen-bond acceptors (Lipinski definition) is 3. The van der Waals surface area contributed by atoms with Crippen molar-refractivity contribution in [2.75, 3.05) is 19.0 Å². The molecule has 0 bridgehead atoms. The number of benzene rings is 2. The second-order valence-corrected chi connectivity index (χ2v) is 6.14. The van der Waals surface area contributed by atoms with Crippen molar-refractivity contribution in [1.82, 2.24) is 9.78 Å². The van der Waals surface area contributed by atoms with Crippen LogP contribution in [0.4, 0.5) is 14.6 Å². The molecule has 0 aliphatic carbocycles. The van der Waals surface area contributed by atoms with Gasteiger partial charge < -0.3 is 10.1 Å². The molecule has 1 aliphatic rings. The third kappa shape index (κ3) is 2.62. The number of halogens is 3. The van der Waals surface area contributed by atoms with Gasteiger partial charge in [-0.25, -0.2) is 13.5 Å². The van der Waals surface area contributed by atoms with E-state index in [9.17, 15) is 8.78 Å². The molecule has 0 spiro atoms. The summed E-state index contributed by atoms with van der Waals surface area (Å²) >= 11 is 6.12. The van der Waals surface area contributed by atoms with E-state index in [4.69, 9.17) is 16.3 Å². The maximum Gasteiger partial charge on any atom is 0.144 e. The Balaban J connectivity index is 1.94. The lowest BCUT2D eigenvalue weighted by atomic mass is 10.1. The van der Waals surface area contributed by atoms with Crippen LogP contribution in [0.2, 0.25) is 5.02 Å². The molecular formula is C18H14ClF2N3O. The van der Waals surface area contributed by atoms with Gasteiger partial charge in [0.2, 0.25) is 0 Å². The summed E-state index contributed by atoms with van der Waals surface area (Å²) < 4.78 is 34.6. The molecule has 4 nitrogen and oxygen atoms in total. The normalized spacial score (nSPS) is 12.8. The van der Waals surface area contributed by atoms with Gasteiger partial charge in [-0.15, -0.1) is 0 Å². The maximum atomic E-state index is 14.3. The van der Waals surface area contributed by atoms with Gasteiger partial charge in [0.1, 0.15) is 34.6 Å². The predicted molar refractivity (Wildman–Crippen MR) is 92.7 cm³/mol. The molecule has 2 heterocycles. The van der Waals surface area contributed by atoms with Crippen LogP contribution in [0.3, 0.4) is 0 Å². The smallest absolute Gasteiger partial charge is 0.144 e. The van der Waals surface area contributed by atoms with Gasteiger partial charge in [-0.3, -0.25) is 0 Å². The third-order valence-electron chi connectivity index (χ3n) is 4.21. The summed E-state index contributed by atoms with van der Waals surface area (Å²) in [5, 5.41) is 8.36. The van der Waals surface area contributed by atoms with Crippen LogP contribution in [0.15, 0.2) is 36.4 Å². The lowest BCUT2D eigenvalue weighted by Crippen LogP contribution is -2.06. The van der Waals surface area contributed by atoms with Crippen molar-refractivity contribution in [2.24, 2.45) is 0 Å². The lowest BCUT2D eigenvalue weighted by Gasteiger charge is -2.11. The summed E-state index contributed by atoms with van der Waals surface area (Å²) in [4.78, 5) is 0. The monoisotopic (exact) mass is 361 g/mol. The van der Waals surface area contributed by atoms with Gasteiger partial charge >= 0.3 is 0 Å². The van der Waals surface area contributed by atoms with E-state index in [1.54, 1.807) is 30.0 Å². The summed E-state index contributed by atoms with van der Waals surface area (Å²) in [6, 6.07) is 8.71. The van der Waals surface area contributed by atoms with E-state index in [-0.39, 0.29) is 5.56 Å². The van der Waals surface area contributed by atoms with E-state index < -0.39 is 11.6 Å². The highest BCUT2D eigenvalue weighted by molar-refractivity contribution is 6.30. The van der Waals surface area contributed by atoms with Crippen molar-refractivity contribution in [3.8, 4) is 22.7 Å². The molecule has 0 unspecified atom stereocenters. The van der Waals surface area contributed by atoms with Crippen LogP contribution in [0.5, 0.6) is 5.75 Å². The minimum absolute atomic E-state index is 0.265. The molecule has 0 atom stereocenters. The molecule has 1 aliphatic heterocycles. The van der Waals surface area contributed by atoms with Crippen LogP contribution in [-0.2, 0) is 6.42 Å². The molecule has 2 aromatic carbocycles. The maximum absolute atomic E-state index is 14.3. The van der Waals surface area contributed by atoms with Crippen molar-refractivity contribution in [3.05, 3.63) is 58.6 Å². The minimum atomic E-state index is -0.641. The van der Waals surface area contributed by atoms with Gasteiger partial charge in [0.05, 0.1) is 7.11 Å². The van der Waals surface area contributed by atoms with Gasteiger partial charge in [-0.2, -0.15) is 5.10 Å². The molecular weight excluding hydrogens is 348 g/mol. The van der Waals surface area contributed by atoms with Crippen molar-refractivity contribution in [2.45, 2.75) is 6.42 Å². The Morgan fingerprint density at radius 1 is 1.20 bits per heavy atom. The van der Waals surface area contributed by atoms with E-state index in [1.807, 2.05) is 0 Å². The highest BCUT2D eigenvalue weighted by Gasteiger charge is 2.26. The molecule has 7 heteroatoms. The Kier molecular flexibility index (Phi) is 3.84. The fourth-order valence-electron chi connectivity index (χ4n) is 3.08. The first kappa shape index (κ1) is 15.9. The van der Waals surface area contributed by atoms with E-state index in [1.165, 1.54) is 12.1 Å². The number of nitrogens with one attached hydrogen (secondary N) is 1. The summed E-state index contributed by atoms with van der Waals surface area (Å²) in [6.45, 7) is 0.714. The molecule has 0 radical (unpaired) electrons. The Bertz CT molecular complexity index is 971. The molecule has 25 heavy (non-hydrogen) atoms. The second kappa shape index (κ2) is 6.04. The largest absolute Gasteiger partial charge is 0.494 e. The average molecular weight is 362 g/mol. The molecule has 4 rings (SSSR count). The topological polar surface area (TPSA) is 39.1 Å². The quantitative estimate of drug-likeness (QED) is 0.749. The van der Waals surface area contributed by atoms with Gasteiger partial charge in [-0.05, 0) is 36.8 Å². The first-order chi connectivity index (χ1) is 12.1. The molecule has 0 fully saturated rings. The van der Waals surface area contributed by atoms with Gasteiger partial charge in [-0.1, -0.05) is 11.6 Å². The molecule has 1 N–H and O–H groups in total. The number of anilines is 1. The van der Waals surface area contributed by atoms with Crippen LogP contribution in [0, 0.1) is 11.6 Å². The molecule has 0 amide bonds. The zero-order chi connectivity index (χ0) is 17.6. The number of fused-ring (bicyclic) bond motifs is 1. The van der Waals surface area contributed by atoms with Crippen LogP contribution < -0.4 is 10.1 Å².